The zero-order chi connectivity index (χ0) is 9.72. The Balaban J connectivity index is 4.21. The van der Waals surface area contributed by atoms with Crippen LogP contribution in [0.3, 0.4) is 0 Å². The van der Waals surface area contributed by atoms with E-state index in [-0.39, 0.29) is 17.7 Å². The molecule has 1 unspecified atom stereocenters. The molecule has 0 aliphatic heterocycles. The first-order valence-corrected chi connectivity index (χ1v) is 4.06. The maximum absolute atomic E-state index is 11.5. The lowest BCUT2D eigenvalue weighted by atomic mass is 9.95. The first-order valence-electron chi connectivity index (χ1n) is 4.06. The van der Waals surface area contributed by atoms with Crippen molar-refractivity contribution in [2.24, 2.45) is 17.6 Å². The van der Waals surface area contributed by atoms with Crippen molar-refractivity contribution in [3.63, 3.8) is 0 Å². The van der Waals surface area contributed by atoms with Crippen molar-refractivity contribution < 1.29 is 9.63 Å². The summed E-state index contributed by atoms with van der Waals surface area (Å²) in [5.41, 5.74) is 5.46. The smallest absolute Gasteiger partial charge is 0.250 e. The van der Waals surface area contributed by atoms with Crippen molar-refractivity contribution in [3.8, 4) is 0 Å². The van der Waals surface area contributed by atoms with Crippen LogP contribution in [0.25, 0.3) is 0 Å². The highest BCUT2D eigenvalue weighted by Crippen LogP contribution is 2.11. The summed E-state index contributed by atoms with van der Waals surface area (Å²) in [7, 11) is 3.05. The maximum atomic E-state index is 11.5. The van der Waals surface area contributed by atoms with Crippen LogP contribution in [0.15, 0.2) is 0 Å². The second-order valence-electron chi connectivity index (χ2n) is 3.10. The van der Waals surface area contributed by atoms with E-state index in [9.17, 15) is 4.79 Å². The Bertz CT molecular complexity index is 148. The lowest BCUT2D eigenvalue weighted by Gasteiger charge is -2.22. The Labute approximate surface area is 73.6 Å². The fourth-order valence-electron chi connectivity index (χ4n) is 0.982. The fourth-order valence-corrected chi connectivity index (χ4v) is 0.982. The lowest BCUT2D eigenvalue weighted by molar-refractivity contribution is -0.174. The third-order valence-corrected chi connectivity index (χ3v) is 1.96. The number of rotatable bonds is 4. The topological polar surface area (TPSA) is 55.6 Å². The summed E-state index contributed by atoms with van der Waals surface area (Å²) in [5.74, 6) is 0.0463. The normalized spacial score (nSPS) is 13.2. The van der Waals surface area contributed by atoms with Gasteiger partial charge in [0, 0.05) is 13.6 Å². The van der Waals surface area contributed by atoms with Crippen molar-refractivity contribution >= 4 is 5.91 Å². The fraction of sp³-hybridized carbons (Fsp3) is 0.875. The monoisotopic (exact) mass is 174 g/mol. The Kier molecular flexibility index (Phi) is 4.85. The quantitative estimate of drug-likeness (QED) is 0.621. The second-order valence-corrected chi connectivity index (χ2v) is 3.10. The number of amides is 1. The molecule has 0 saturated heterocycles. The van der Waals surface area contributed by atoms with Gasteiger partial charge in [-0.25, -0.2) is 5.06 Å². The van der Waals surface area contributed by atoms with Gasteiger partial charge in [0.25, 0.3) is 0 Å². The molecule has 1 atom stereocenters. The molecule has 12 heavy (non-hydrogen) atoms. The van der Waals surface area contributed by atoms with Crippen molar-refractivity contribution in [2.75, 3.05) is 20.7 Å². The van der Waals surface area contributed by atoms with E-state index in [2.05, 4.69) is 0 Å². The van der Waals surface area contributed by atoms with Crippen LogP contribution >= 0.6 is 0 Å². The predicted octanol–water partition coefficient (Wildman–Crippen LogP) is 0.237. The molecule has 0 aromatic carbocycles. The van der Waals surface area contributed by atoms with Crippen LogP contribution in [-0.4, -0.2) is 31.7 Å². The van der Waals surface area contributed by atoms with Gasteiger partial charge >= 0.3 is 0 Å². The van der Waals surface area contributed by atoms with Gasteiger partial charge < -0.3 is 5.73 Å². The summed E-state index contributed by atoms with van der Waals surface area (Å²) < 4.78 is 0. The van der Waals surface area contributed by atoms with E-state index in [0.717, 1.165) is 0 Å². The number of nitrogens with two attached hydrogens (primary N) is 1. The van der Waals surface area contributed by atoms with Crippen molar-refractivity contribution in [1.29, 1.82) is 0 Å². The van der Waals surface area contributed by atoms with Gasteiger partial charge in [-0.05, 0) is 5.92 Å². The zero-order valence-electron chi connectivity index (χ0n) is 8.20. The summed E-state index contributed by atoms with van der Waals surface area (Å²) in [6.07, 6.45) is 0. The van der Waals surface area contributed by atoms with Crippen LogP contribution in [0.1, 0.15) is 13.8 Å². The third-order valence-electron chi connectivity index (χ3n) is 1.96. The summed E-state index contributed by atoms with van der Waals surface area (Å²) in [5, 5.41) is 1.22. The summed E-state index contributed by atoms with van der Waals surface area (Å²) >= 11 is 0. The standard InChI is InChI=1S/C8H18N2O2/c1-6(2)7(5-9)8(11)10(3)12-4/h6-7H,5,9H2,1-4H3. The molecule has 0 radical (unpaired) electrons. The lowest BCUT2D eigenvalue weighted by Crippen LogP contribution is -2.38. The average molecular weight is 174 g/mol. The predicted molar refractivity (Wildman–Crippen MR) is 47.2 cm³/mol. The highest BCUT2D eigenvalue weighted by atomic mass is 16.7. The van der Waals surface area contributed by atoms with Crippen molar-refractivity contribution in [2.45, 2.75) is 13.8 Å². The van der Waals surface area contributed by atoms with E-state index < -0.39 is 0 Å². The van der Waals surface area contributed by atoms with Crippen molar-refractivity contribution in [1.82, 2.24) is 5.06 Å². The Morgan fingerprint density at radius 1 is 1.58 bits per heavy atom. The van der Waals surface area contributed by atoms with E-state index >= 15 is 0 Å². The van der Waals surface area contributed by atoms with Gasteiger partial charge in [0.2, 0.25) is 5.91 Å². The van der Waals surface area contributed by atoms with Gasteiger partial charge in [0.05, 0.1) is 13.0 Å². The summed E-state index contributed by atoms with van der Waals surface area (Å²) in [6.45, 7) is 4.31. The minimum Gasteiger partial charge on any atom is -0.330 e. The number of nitrogens with zero attached hydrogens (tertiary/aromatic N) is 1. The van der Waals surface area contributed by atoms with Crippen LogP contribution in [-0.2, 0) is 9.63 Å². The molecule has 0 heterocycles. The van der Waals surface area contributed by atoms with Crippen LogP contribution in [0.2, 0.25) is 0 Å². The van der Waals surface area contributed by atoms with Gasteiger partial charge in [-0.2, -0.15) is 0 Å². The largest absolute Gasteiger partial charge is 0.330 e. The van der Waals surface area contributed by atoms with Crippen LogP contribution in [0.4, 0.5) is 0 Å². The molecule has 4 nitrogen and oxygen atoms in total. The molecule has 4 heteroatoms. The molecule has 0 aliphatic rings. The highest BCUT2D eigenvalue weighted by molar-refractivity contribution is 5.78. The first kappa shape index (κ1) is 11.4. The number of hydroxylamine groups is 2. The van der Waals surface area contributed by atoms with Crippen LogP contribution < -0.4 is 5.73 Å². The van der Waals surface area contributed by atoms with Gasteiger partial charge in [-0.15, -0.1) is 0 Å². The molecule has 72 valence electrons. The number of hydrogen-bond donors (Lipinski definition) is 1. The minimum absolute atomic E-state index is 0.0602. The molecule has 0 aromatic heterocycles. The zero-order valence-corrected chi connectivity index (χ0v) is 8.20. The van der Waals surface area contributed by atoms with E-state index in [1.54, 1.807) is 7.05 Å². The number of carbonyl (C=O) groups is 1. The number of carbonyl (C=O) groups excluding carboxylic acids is 1. The summed E-state index contributed by atoms with van der Waals surface area (Å²) in [6, 6.07) is 0. The molecule has 0 saturated carbocycles. The molecular weight excluding hydrogens is 156 g/mol. The first-order chi connectivity index (χ1) is 5.54. The van der Waals surface area contributed by atoms with E-state index in [1.807, 2.05) is 13.8 Å². The number of hydrogen-bond acceptors (Lipinski definition) is 3. The molecule has 0 spiro atoms. The molecule has 0 aliphatic carbocycles. The van der Waals surface area contributed by atoms with Gasteiger partial charge in [-0.1, -0.05) is 13.8 Å². The van der Waals surface area contributed by atoms with E-state index in [1.165, 1.54) is 12.2 Å². The highest BCUT2D eigenvalue weighted by Gasteiger charge is 2.23. The van der Waals surface area contributed by atoms with Crippen LogP contribution in [0, 0.1) is 11.8 Å². The molecule has 0 fully saturated rings. The average Bonchev–Trinajstić information content (AvgIpc) is 2.03. The molecule has 1 amide bonds. The minimum atomic E-state index is -0.144. The van der Waals surface area contributed by atoms with E-state index in [4.69, 9.17) is 10.6 Å². The Hall–Kier alpha value is -0.610. The SMILES string of the molecule is CON(C)C(=O)C(CN)C(C)C. The second kappa shape index (κ2) is 5.11. The van der Waals surface area contributed by atoms with Gasteiger partial charge in [0.1, 0.15) is 0 Å². The summed E-state index contributed by atoms with van der Waals surface area (Å²) in [4.78, 5) is 16.2. The molecular formula is C8H18N2O2. The maximum Gasteiger partial charge on any atom is 0.250 e. The van der Waals surface area contributed by atoms with Crippen LogP contribution in [0.5, 0.6) is 0 Å². The Morgan fingerprint density at radius 2 is 2.08 bits per heavy atom. The van der Waals surface area contributed by atoms with Crippen molar-refractivity contribution in [3.05, 3.63) is 0 Å². The molecule has 0 aromatic rings. The van der Waals surface area contributed by atoms with E-state index in [0.29, 0.717) is 6.54 Å². The Morgan fingerprint density at radius 3 is 2.33 bits per heavy atom. The molecule has 2 N–H and O–H groups in total. The molecule has 0 rings (SSSR count). The van der Waals surface area contributed by atoms with Gasteiger partial charge in [-0.3, -0.25) is 9.63 Å². The van der Waals surface area contributed by atoms with Gasteiger partial charge in [0.15, 0.2) is 0 Å². The third kappa shape index (κ3) is 2.79. The molecule has 0 bridgehead atoms.